The molecule has 114 valence electrons. The van der Waals surface area contributed by atoms with Gasteiger partial charge in [0.05, 0.1) is 11.1 Å². The van der Waals surface area contributed by atoms with Crippen LogP contribution in [0.3, 0.4) is 0 Å². The van der Waals surface area contributed by atoms with Crippen molar-refractivity contribution in [2.75, 3.05) is 31.1 Å². The normalized spacial score (nSPS) is 24.6. The minimum absolute atomic E-state index is 0.174. The predicted octanol–water partition coefficient (Wildman–Crippen LogP) is 1.54. The number of rotatable bonds is 2. The molecular weight excluding hydrogens is 290 g/mol. The van der Waals surface area contributed by atoms with E-state index in [4.69, 9.17) is 11.6 Å². The molecule has 6 heteroatoms. The molecule has 1 aromatic heterocycles. The molecule has 1 atom stereocenters. The van der Waals surface area contributed by atoms with E-state index in [0.717, 1.165) is 18.7 Å². The Hall–Kier alpha value is -1.33. The first-order valence-electron chi connectivity index (χ1n) is 7.32. The van der Waals surface area contributed by atoms with Crippen molar-refractivity contribution < 1.29 is 9.90 Å². The average Bonchev–Trinajstić information content (AvgIpc) is 3.23. The van der Waals surface area contributed by atoms with Crippen molar-refractivity contribution in [2.24, 2.45) is 5.41 Å². The molecule has 1 N–H and O–H groups in total. The smallest absolute Gasteiger partial charge is 0.228 e. The van der Waals surface area contributed by atoms with Crippen molar-refractivity contribution in [3.8, 4) is 0 Å². The van der Waals surface area contributed by atoms with Gasteiger partial charge >= 0.3 is 0 Å². The van der Waals surface area contributed by atoms with Crippen molar-refractivity contribution in [1.82, 2.24) is 9.88 Å². The minimum Gasteiger partial charge on any atom is -0.389 e. The highest BCUT2D eigenvalue weighted by Gasteiger charge is 2.47. The predicted molar refractivity (Wildman–Crippen MR) is 81.4 cm³/mol. The number of nitrogens with zero attached hydrogens (tertiary/aromatic N) is 3. The van der Waals surface area contributed by atoms with Crippen molar-refractivity contribution >= 4 is 23.3 Å². The van der Waals surface area contributed by atoms with Crippen LogP contribution in [0.2, 0.25) is 5.02 Å². The fourth-order valence-electron chi connectivity index (χ4n) is 2.72. The summed E-state index contributed by atoms with van der Waals surface area (Å²) in [5.74, 6) is 0.956. The molecule has 5 nitrogen and oxygen atoms in total. The van der Waals surface area contributed by atoms with Gasteiger partial charge in [-0.1, -0.05) is 18.5 Å². The van der Waals surface area contributed by atoms with Crippen LogP contribution in [0.15, 0.2) is 18.3 Å². The number of halogens is 1. The van der Waals surface area contributed by atoms with Crippen molar-refractivity contribution in [2.45, 2.75) is 25.9 Å². The Morgan fingerprint density at radius 2 is 2.14 bits per heavy atom. The van der Waals surface area contributed by atoms with E-state index in [-0.39, 0.29) is 11.3 Å². The lowest BCUT2D eigenvalue weighted by molar-refractivity contribution is -0.137. The first-order chi connectivity index (χ1) is 9.98. The van der Waals surface area contributed by atoms with E-state index >= 15 is 0 Å². The Labute approximate surface area is 129 Å². The van der Waals surface area contributed by atoms with Crippen molar-refractivity contribution in [3.63, 3.8) is 0 Å². The molecule has 0 bridgehead atoms. The number of pyridine rings is 1. The third-order valence-electron chi connectivity index (χ3n) is 4.34. The number of amides is 1. The summed E-state index contributed by atoms with van der Waals surface area (Å²) in [6, 6.07) is 3.63. The second-order valence-corrected chi connectivity index (χ2v) is 6.68. The number of hydrogen-bond donors (Lipinski definition) is 1. The molecule has 1 unspecified atom stereocenters. The number of carbonyl (C=O) groups excluding carboxylic acids is 1. The number of aliphatic hydroxyl groups is 1. The van der Waals surface area contributed by atoms with Gasteiger partial charge in [-0.2, -0.15) is 0 Å². The van der Waals surface area contributed by atoms with Crippen molar-refractivity contribution in [1.29, 1.82) is 0 Å². The van der Waals surface area contributed by atoms with Crippen LogP contribution in [0.1, 0.15) is 19.8 Å². The molecule has 2 aliphatic rings. The van der Waals surface area contributed by atoms with Gasteiger partial charge in [-0.3, -0.25) is 4.79 Å². The molecule has 3 rings (SSSR count). The largest absolute Gasteiger partial charge is 0.389 e. The summed E-state index contributed by atoms with van der Waals surface area (Å²) in [6.45, 7) is 4.18. The fraction of sp³-hybridized carbons (Fsp3) is 0.600. The summed E-state index contributed by atoms with van der Waals surface area (Å²) >= 11 is 5.85. The summed E-state index contributed by atoms with van der Waals surface area (Å²) in [7, 11) is 0. The van der Waals surface area contributed by atoms with Crippen molar-refractivity contribution in [3.05, 3.63) is 23.4 Å². The highest BCUT2D eigenvalue weighted by Crippen LogP contribution is 2.46. The average molecular weight is 310 g/mol. The standard InChI is InChI=1S/C15H20ClN3O2/c1-15(4-5-15)14(21)19-7-6-18(9-12(20)10-19)13-3-2-11(16)8-17-13/h2-3,8,12,20H,4-7,9-10H2,1H3. The lowest BCUT2D eigenvalue weighted by atomic mass is 10.1. The molecule has 2 fully saturated rings. The number of anilines is 1. The van der Waals surface area contributed by atoms with Gasteiger partial charge in [-0.05, 0) is 25.0 Å². The molecule has 1 aromatic rings. The maximum absolute atomic E-state index is 12.4. The third kappa shape index (κ3) is 3.14. The number of aromatic nitrogens is 1. The zero-order chi connectivity index (χ0) is 15.0. The molecule has 0 spiro atoms. The van der Waals surface area contributed by atoms with Gasteiger partial charge < -0.3 is 14.9 Å². The number of β-amino-alcohol motifs (C(OH)–C–C–N with tert-alkyl or cyclic N) is 1. The molecule has 2 heterocycles. The lowest BCUT2D eigenvalue weighted by Gasteiger charge is -2.25. The number of aliphatic hydroxyl groups excluding tert-OH is 1. The lowest BCUT2D eigenvalue weighted by Crippen LogP contribution is -2.41. The maximum atomic E-state index is 12.4. The van der Waals surface area contributed by atoms with Gasteiger partial charge in [0.1, 0.15) is 5.82 Å². The SMILES string of the molecule is CC1(C(=O)N2CCN(c3ccc(Cl)cn3)CC(O)C2)CC1. The molecular formula is C15H20ClN3O2. The van der Waals surface area contributed by atoms with Crippen LogP contribution in [-0.4, -0.2) is 53.2 Å². The highest BCUT2D eigenvalue weighted by atomic mass is 35.5. The van der Waals surface area contributed by atoms with Crippen LogP contribution in [0, 0.1) is 5.41 Å². The van der Waals surface area contributed by atoms with Crippen LogP contribution in [0.5, 0.6) is 0 Å². The summed E-state index contributed by atoms with van der Waals surface area (Å²) in [6.07, 6.45) is 2.96. The van der Waals surface area contributed by atoms with Crippen LogP contribution >= 0.6 is 11.6 Å². The maximum Gasteiger partial charge on any atom is 0.228 e. The summed E-state index contributed by atoms with van der Waals surface area (Å²) < 4.78 is 0. The van der Waals surface area contributed by atoms with Gasteiger partial charge in [0.25, 0.3) is 0 Å². The van der Waals surface area contributed by atoms with E-state index in [2.05, 4.69) is 4.98 Å². The fourth-order valence-corrected chi connectivity index (χ4v) is 2.83. The van der Waals surface area contributed by atoms with E-state index in [1.807, 2.05) is 17.9 Å². The Balaban J connectivity index is 1.70. The van der Waals surface area contributed by atoms with Gasteiger partial charge in [0, 0.05) is 37.8 Å². The van der Waals surface area contributed by atoms with Crippen LogP contribution in [-0.2, 0) is 4.79 Å². The van der Waals surface area contributed by atoms with Gasteiger partial charge in [0.2, 0.25) is 5.91 Å². The second kappa shape index (κ2) is 5.46. The first-order valence-corrected chi connectivity index (χ1v) is 7.70. The van der Waals surface area contributed by atoms with E-state index in [0.29, 0.717) is 31.2 Å². The molecule has 0 aromatic carbocycles. The number of hydrogen-bond acceptors (Lipinski definition) is 4. The highest BCUT2D eigenvalue weighted by molar-refractivity contribution is 6.30. The Morgan fingerprint density at radius 1 is 1.38 bits per heavy atom. The van der Waals surface area contributed by atoms with E-state index in [9.17, 15) is 9.90 Å². The van der Waals surface area contributed by atoms with Crippen LogP contribution in [0.4, 0.5) is 5.82 Å². The quantitative estimate of drug-likeness (QED) is 0.900. The van der Waals surface area contributed by atoms with Crippen LogP contribution < -0.4 is 4.90 Å². The van der Waals surface area contributed by atoms with Crippen LogP contribution in [0.25, 0.3) is 0 Å². The van der Waals surface area contributed by atoms with E-state index < -0.39 is 6.10 Å². The van der Waals surface area contributed by atoms with E-state index in [1.54, 1.807) is 17.2 Å². The molecule has 1 aliphatic heterocycles. The summed E-state index contributed by atoms with van der Waals surface area (Å²) in [5, 5.41) is 10.8. The molecule has 1 amide bonds. The number of carbonyl (C=O) groups is 1. The Morgan fingerprint density at radius 3 is 2.76 bits per heavy atom. The third-order valence-corrected chi connectivity index (χ3v) is 4.56. The molecule has 1 saturated carbocycles. The van der Waals surface area contributed by atoms with Gasteiger partial charge in [-0.15, -0.1) is 0 Å². The Bertz CT molecular complexity index is 530. The zero-order valence-electron chi connectivity index (χ0n) is 12.1. The Kier molecular flexibility index (Phi) is 3.80. The van der Waals surface area contributed by atoms with E-state index in [1.165, 1.54) is 0 Å². The second-order valence-electron chi connectivity index (χ2n) is 6.25. The molecule has 1 saturated heterocycles. The van der Waals surface area contributed by atoms with Gasteiger partial charge in [0.15, 0.2) is 0 Å². The zero-order valence-corrected chi connectivity index (χ0v) is 12.9. The molecule has 0 radical (unpaired) electrons. The summed E-state index contributed by atoms with van der Waals surface area (Å²) in [4.78, 5) is 20.5. The first kappa shape index (κ1) is 14.6. The molecule has 1 aliphatic carbocycles. The minimum atomic E-state index is -0.559. The van der Waals surface area contributed by atoms with Gasteiger partial charge in [-0.25, -0.2) is 4.98 Å². The molecule has 21 heavy (non-hydrogen) atoms. The monoisotopic (exact) mass is 309 g/mol. The topological polar surface area (TPSA) is 56.7 Å². The summed E-state index contributed by atoms with van der Waals surface area (Å²) in [5.41, 5.74) is -0.187.